The van der Waals surface area contributed by atoms with E-state index >= 15 is 0 Å². The van der Waals surface area contributed by atoms with Crippen LogP contribution in [0, 0.1) is 5.82 Å². The molecular weight excluding hydrogens is 371 g/mol. The van der Waals surface area contributed by atoms with Gasteiger partial charge >= 0.3 is 5.97 Å². The van der Waals surface area contributed by atoms with Gasteiger partial charge in [0.05, 0.1) is 12.1 Å². The SMILES string of the molecule is CCOC(=O)c1cn(-c2ccc(F)cc2)c2cc(-c3ccncc3)ccc2c1=O. The van der Waals surface area contributed by atoms with E-state index in [-0.39, 0.29) is 18.0 Å². The largest absolute Gasteiger partial charge is 0.462 e. The summed E-state index contributed by atoms with van der Waals surface area (Å²) in [6.45, 7) is 1.84. The summed E-state index contributed by atoms with van der Waals surface area (Å²) in [5.41, 5.74) is 2.57. The maximum absolute atomic E-state index is 13.4. The van der Waals surface area contributed by atoms with E-state index in [0.717, 1.165) is 11.1 Å². The summed E-state index contributed by atoms with van der Waals surface area (Å²) in [6.07, 6.45) is 4.83. The molecule has 0 unspecified atom stereocenters. The van der Waals surface area contributed by atoms with Crippen LogP contribution in [0.2, 0.25) is 0 Å². The molecule has 4 aromatic rings. The van der Waals surface area contributed by atoms with Crippen molar-refractivity contribution in [2.75, 3.05) is 6.61 Å². The second kappa shape index (κ2) is 7.67. The van der Waals surface area contributed by atoms with Crippen molar-refractivity contribution in [2.45, 2.75) is 6.92 Å². The van der Waals surface area contributed by atoms with E-state index in [4.69, 9.17) is 4.74 Å². The van der Waals surface area contributed by atoms with Crippen LogP contribution in [-0.4, -0.2) is 22.1 Å². The van der Waals surface area contributed by atoms with Crippen LogP contribution in [0.15, 0.2) is 78.0 Å². The predicted octanol–water partition coefficient (Wildman–Crippen LogP) is 4.37. The number of aromatic nitrogens is 2. The van der Waals surface area contributed by atoms with Gasteiger partial charge in [-0.05, 0) is 66.6 Å². The van der Waals surface area contributed by atoms with Crippen molar-refractivity contribution in [1.82, 2.24) is 9.55 Å². The molecule has 0 amide bonds. The van der Waals surface area contributed by atoms with Gasteiger partial charge < -0.3 is 9.30 Å². The highest BCUT2D eigenvalue weighted by atomic mass is 19.1. The molecule has 2 aromatic carbocycles. The topological polar surface area (TPSA) is 61.2 Å². The van der Waals surface area contributed by atoms with Crippen LogP contribution in [0.3, 0.4) is 0 Å². The summed E-state index contributed by atoms with van der Waals surface area (Å²) >= 11 is 0. The lowest BCUT2D eigenvalue weighted by molar-refractivity contribution is 0.0524. The number of rotatable bonds is 4. The molecule has 0 spiro atoms. The molecule has 2 heterocycles. The van der Waals surface area contributed by atoms with Gasteiger partial charge in [-0.3, -0.25) is 9.78 Å². The fourth-order valence-corrected chi connectivity index (χ4v) is 3.22. The quantitative estimate of drug-likeness (QED) is 0.487. The number of halogens is 1. The molecule has 0 aliphatic heterocycles. The number of hydrogen-bond donors (Lipinski definition) is 0. The standard InChI is InChI=1S/C23H17FN2O3/c1-2-29-23(28)20-14-26(18-6-4-17(24)5-7-18)21-13-16(3-8-19(21)22(20)27)15-9-11-25-12-10-15/h3-14H,2H2,1H3. The number of nitrogens with zero attached hydrogens (tertiary/aromatic N) is 2. The van der Waals surface area contributed by atoms with Gasteiger partial charge in [-0.1, -0.05) is 6.07 Å². The molecule has 0 N–H and O–H groups in total. The zero-order valence-corrected chi connectivity index (χ0v) is 15.6. The molecule has 6 heteroatoms. The number of hydrogen-bond acceptors (Lipinski definition) is 4. The predicted molar refractivity (Wildman–Crippen MR) is 109 cm³/mol. The Balaban J connectivity index is 2.02. The first-order valence-corrected chi connectivity index (χ1v) is 9.11. The van der Waals surface area contributed by atoms with Crippen LogP contribution in [0.5, 0.6) is 0 Å². The second-order valence-electron chi connectivity index (χ2n) is 6.41. The van der Waals surface area contributed by atoms with E-state index in [0.29, 0.717) is 16.6 Å². The molecule has 0 radical (unpaired) electrons. The van der Waals surface area contributed by atoms with Crippen LogP contribution in [0.1, 0.15) is 17.3 Å². The Hall–Kier alpha value is -3.80. The van der Waals surface area contributed by atoms with Gasteiger partial charge in [-0.25, -0.2) is 9.18 Å². The monoisotopic (exact) mass is 388 g/mol. The van der Waals surface area contributed by atoms with Gasteiger partial charge in [0.25, 0.3) is 0 Å². The first kappa shape index (κ1) is 18.6. The van der Waals surface area contributed by atoms with Gasteiger partial charge in [0, 0.05) is 29.7 Å². The minimum Gasteiger partial charge on any atom is -0.462 e. The number of carbonyl (C=O) groups is 1. The van der Waals surface area contributed by atoms with Crippen molar-refractivity contribution in [3.63, 3.8) is 0 Å². The summed E-state index contributed by atoms with van der Waals surface area (Å²) in [4.78, 5) is 29.3. The molecule has 5 nitrogen and oxygen atoms in total. The van der Waals surface area contributed by atoms with E-state index in [1.807, 2.05) is 24.3 Å². The molecule has 144 valence electrons. The molecule has 0 aliphatic rings. The summed E-state index contributed by atoms with van der Waals surface area (Å²) in [5, 5.41) is 0.373. The van der Waals surface area contributed by atoms with Gasteiger partial charge in [-0.15, -0.1) is 0 Å². The average molecular weight is 388 g/mol. The fraction of sp³-hybridized carbons (Fsp3) is 0.0870. The van der Waals surface area contributed by atoms with E-state index in [2.05, 4.69) is 4.98 Å². The smallest absolute Gasteiger partial charge is 0.343 e. The second-order valence-corrected chi connectivity index (χ2v) is 6.41. The van der Waals surface area contributed by atoms with E-state index in [1.54, 1.807) is 42.1 Å². The fourth-order valence-electron chi connectivity index (χ4n) is 3.22. The third-order valence-electron chi connectivity index (χ3n) is 4.62. The number of esters is 1. The third kappa shape index (κ3) is 3.52. The van der Waals surface area contributed by atoms with E-state index < -0.39 is 11.4 Å². The number of carbonyl (C=O) groups excluding carboxylic acids is 1. The maximum Gasteiger partial charge on any atom is 0.343 e. The summed E-state index contributed by atoms with van der Waals surface area (Å²) < 4.78 is 20.2. The summed E-state index contributed by atoms with van der Waals surface area (Å²) in [7, 11) is 0. The van der Waals surface area contributed by atoms with E-state index in [9.17, 15) is 14.0 Å². The lowest BCUT2D eigenvalue weighted by Gasteiger charge is -2.14. The highest BCUT2D eigenvalue weighted by Crippen LogP contribution is 2.25. The number of pyridine rings is 2. The molecule has 0 saturated carbocycles. The minimum atomic E-state index is -0.687. The number of fused-ring (bicyclic) bond motifs is 1. The highest BCUT2D eigenvalue weighted by molar-refractivity contribution is 5.95. The average Bonchev–Trinajstić information content (AvgIpc) is 2.75. The van der Waals surface area contributed by atoms with Gasteiger partial charge in [0.2, 0.25) is 5.43 Å². The summed E-state index contributed by atoms with van der Waals surface area (Å²) in [5.74, 6) is -1.06. The zero-order chi connectivity index (χ0) is 20.4. The lowest BCUT2D eigenvalue weighted by Crippen LogP contribution is -2.20. The van der Waals surface area contributed by atoms with Crippen molar-refractivity contribution in [2.24, 2.45) is 0 Å². The highest BCUT2D eigenvalue weighted by Gasteiger charge is 2.18. The molecular formula is C23H17FN2O3. The molecule has 0 aliphatic carbocycles. The van der Waals surface area contributed by atoms with Crippen molar-refractivity contribution in [1.29, 1.82) is 0 Å². The van der Waals surface area contributed by atoms with Crippen LogP contribution >= 0.6 is 0 Å². The Morgan fingerprint density at radius 2 is 1.76 bits per heavy atom. The van der Waals surface area contributed by atoms with Gasteiger partial charge in [0.15, 0.2) is 0 Å². The number of ether oxygens (including phenoxy) is 1. The van der Waals surface area contributed by atoms with Crippen molar-refractivity contribution < 1.29 is 13.9 Å². The first-order valence-electron chi connectivity index (χ1n) is 9.11. The Kier molecular flexibility index (Phi) is 4.91. The summed E-state index contributed by atoms with van der Waals surface area (Å²) in [6, 6.07) is 15.0. The van der Waals surface area contributed by atoms with Crippen LogP contribution in [0.25, 0.3) is 27.7 Å². The van der Waals surface area contributed by atoms with E-state index in [1.165, 1.54) is 18.3 Å². The van der Waals surface area contributed by atoms with Crippen molar-refractivity contribution in [3.05, 3.63) is 94.8 Å². The minimum absolute atomic E-state index is 0.0691. The normalized spacial score (nSPS) is 10.8. The molecule has 29 heavy (non-hydrogen) atoms. The molecule has 4 rings (SSSR count). The third-order valence-corrected chi connectivity index (χ3v) is 4.62. The Labute approximate surface area is 166 Å². The van der Waals surface area contributed by atoms with Crippen LogP contribution in [-0.2, 0) is 4.74 Å². The molecule has 0 bridgehead atoms. The molecule has 2 aromatic heterocycles. The number of benzene rings is 2. The van der Waals surface area contributed by atoms with Crippen LogP contribution < -0.4 is 5.43 Å². The van der Waals surface area contributed by atoms with Crippen molar-refractivity contribution >= 4 is 16.9 Å². The van der Waals surface area contributed by atoms with Gasteiger partial charge in [0.1, 0.15) is 11.4 Å². The Morgan fingerprint density at radius 3 is 2.45 bits per heavy atom. The Bertz CT molecular complexity index is 1250. The maximum atomic E-state index is 13.4. The molecule has 0 fully saturated rings. The zero-order valence-electron chi connectivity index (χ0n) is 15.6. The molecule has 0 atom stereocenters. The van der Waals surface area contributed by atoms with Gasteiger partial charge in [-0.2, -0.15) is 0 Å². The van der Waals surface area contributed by atoms with Crippen LogP contribution in [0.4, 0.5) is 4.39 Å². The lowest BCUT2D eigenvalue weighted by atomic mass is 10.0. The molecule has 0 saturated heterocycles. The van der Waals surface area contributed by atoms with Crippen molar-refractivity contribution in [3.8, 4) is 16.8 Å². The Morgan fingerprint density at radius 1 is 1.03 bits per heavy atom. The first-order chi connectivity index (χ1) is 14.1.